The third kappa shape index (κ3) is 3.84. The van der Waals surface area contributed by atoms with E-state index in [0.29, 0.717) is 28.8 Å². The van der Waals surface area contributed by atoms with Gasteiger partial charge in [-0.25, -0.2) is 0 Å². The van der Waals surface area contributed by atoms with Crippen molar-refractivity contribution >= 4 is 29.3 Å². The number of anilines is 1. The number of carbonyl (C=O) groups excluding carboxylic acids is 4. The summed E-state index contributed by atoms with van der Waals surface area (Å²) in [6, 6.07) is 4.85. The Bertz CT molecular complexity index is 876. The summed E-state index contributed by atoms with van der Waals surface area (Å²) in [5.41, 5.74) is 1.26. The molecule has 1 atom stereocenters. The Labute approximate surface area is 175 Å². The Balaban J connectivity index is 1.43. The van der Waals surface area contributed by atoms with Gasteiger partial charge >= 0.3 is 0 Å². The van der Waals surface area contributed by atoms with Crippen LogP contribution in [-0.4, -0.2) is 54.2 Å². The molecular formula is C22H28N4O4. The van der Waals surface area contributed by atoms with Crippen molar-refractivity contribution in [1.29, 1.82) is 0 Å². The maximum absolute atomic E-state index is 13.1. The molecule has 0 bridgehead atoms. The van der Waals surface area contributed by atoms with Crippen molar-refractivity contribution in [1.82, 2.24) is 15.5 Å². The number of hydrogen-bond donors (Lipinski definition) is 3. The average Bonchev–Trinajstić information content (AvgIpc) is 3.00. The van der Waals surface area contributed by atoms with E-state index in [1.807, 2.05) is 7.05 Å². The minimum atomic E-state index is -0.940. The second kappa shape index (κ2) is 8.55. The van der Waals surface area contributed by atoms with Crippen LogP contribution in [0.15, 0.2) is 18.2 Å². The SMILES string of the molecule is CN[C@H]1CC[C@H](CCNc2cccc3c2C(=O)N(C2CCC(=O)NC2=O)C3=O)CC1. The van der Waals surface area contributed by atoms with Gasteiger partial charge in [0.05, 0.1) is 11.1 Å². The Morgan fingerprint density at radius 2 is 1.80 bits per heavy atom. The van der Waals surface area contributed by atoms with Gasteiger partial charge in [-0.05, 0) is 63.6 Å². The number of piperidine rings is 1. The van der Waals surface area contributed by atoms with Gasteiger partial charge < -0.3 is 10.6 Å². The van der Waals surface area contributed by atoms with E-state index < -0.39 is 23.8 Å². The molecule has 8 heteroatoms. The van der Waals surface area contributed by atoms with E-state index in [-0.39, 0.29) is 18.7 Å². The molecule has 0 spiro atoms. The summed E-state index contributed by atoms with van der Waals surface area (Å²) < 4.78 is 0. The van der Waals surface area contributed by atoms with Crippen LogP contribution in [0, 0.1) is 5.92 Å². The Hall–Kier alpha value is -2.74. The molecule has 160 valence electrons. The Kier molecular flexibility index (Phi) is 5.85. The van der Waals surface area contributed by atoms with Crippen molar-refractivity contribution in [2.75, 3.05) is 18.9 Å². The highest BCUT2D eigenvalue weighted by Crippen LogP contribution is 2.33. The molecule has 0 radical (unpaired) electrons. The molecule has 3 N–H and O–H groups in total. The molecule has 2 heterocycles. The Morgan fingerprint density at radius 3 is 2.50 bits per heavy atom. The first-order chi connectivity index (χ1) is 14.5. The highest BCUT2D eigenvalue weighted by molar-refractivity contribution is 6.25. The number of benzene rings is 1. The smallest absolute Gasteiger partial charge is 0.264 e. The van der Waals surface area contributed by atoms with E-state index in [4.69, 9.17) is 0 Å². The van der Waals surface area contributed by atoms with Crippen LogP contribution in [0.5, 0.6) is 0 Å². The van der Waals surface area contributed by atoms with E-state index in [1.165, 1.54) is 25.7 Å². The lowest BCUT2D eigenvalue weighted by Crippen LogP contribution is -2.54. The van der Waals surface area contributed by atoms with Crippen LogP contribution in [0.3, 0.4) is 0 Å². The molecule has 30 heavy (non-hydrogen) atoms. The van der Waals surface area contributed by atoms with Gasteiger partial charge in [-0.1, -0.05) is 6.07 Å². The van der Waals surface area contributed by atoms with Gasteiger partial charge in [0, 0.05) is 24.7 Å². The van der Waals surface area contributed by atoms with Gasteiger partial charge in [-0.2, -0.15) is 0 Å². The van der Waals surface area contributed by atoms with Crippen LogP contribution >= 0.6 is 0 Å². The second-order valence-corrected chi connectivity index (χ2v) is 8.40. The van der Waals surface area contributed by atoms with Crippen LogP contribution < -0.4 is 16.0 Å². The highest BCUT2D eigenvalue weighted by atomic mass is 16.2. The maximum Gasteiger partial charge on any atom is 0.264 e. The first-order valence-electron chi connectivity index (χ1n) is 10.7. The van der Waals surface area contributed by atoms with Crippen LogP contribution in [0.25, 0.3) is 0 Å². The molecule has 4 amide bonds. The summed E-state index contributed by atoms with van der Waals surface area (Å²) in [6.07, 6.45) is 6.06. The lowest BCUT2D eigenvalue weighted by molar-refractivity contribution is -0.136. The second-order valence-electron chi connectivity index (χ2n) is 8.40. The number of rotatable bonds is 6. The lowest BCUT2D eigenvalue weighted by atomic mass is 9.84. The summed E-state index contributed by atoms with van der Waals surface area (Å²) >= 11 is 0. The van der Waals surface area contributed by atoms with E-state index >= 15 is 0 Å². The van der Waals surface area contributed by atoms with Crippen molar-refractivity contribution < 1.29 is 19.2 Å². The van der Waals surface area contributed by atoms with Crippen LogP contribution in [0.1, 0.15) is 65.7 Å². The van der Waals surface area contributed by atoms with Crippen molar-refractivity contribution in [3.05, 3.63) is 29.3 Å². The zero-order valence-electron chi connectivity index (χ0n) is 17.2. The molecule has 4 rings (SSSR count). The number of nitrogens with one attached hydrogen (secondary N) is 3. The first-order valence-corrected chi connectivity index (χ1v) is 10.7. The fourth-order valence-corrected chi connectivity index (χ4v) is 4.81. The molecule has 1 saturated heterocycles. The van der Waals surface area contributed by atoms with E-state index in [1.54, 1.807) is 18.2 Å². The highest BCUT2D eigenvalue weighted by Gasteiger charge is 2.45. The van der Waals surface area contributed by atoms with Gasteiger partial charge in [0.1, 0.15) is 6.04 Å². The molecular weight excluding hydrogens is 384 g/mol. The van der Waals surface area contributed by atoms with Gasteiger partial charge in [0.2, 0.25) is 11.8 Å². The molecule has 1 aromatic rings. The summed E-state index contributed by atoms with van der Waals surface area (Å²) in [4.78, 5) is 50.6. The molecule has 2 fully saturated rings. The number of carbonyl (C=O) groups is 4. The van der Waals surface area contributed by atoms with Crippen LogP contribution in [0.4, 0.5) is 5.69 Å². The average molecular weight is 412 g/mol. The minimum absolute atomic E-state index is 0.116. The lowest BCUT2D eigenvalue weighted by Gasteiger charge is -2.28. The summed E-state index contributed by atoms with van der Waals surface area (Å²) in [5.74, 6) is -1.25. The number of amides is 4. The predicted molar refractivity (Wildman–Crippen MR) is 111 cm³/mol. The first kappa shape index (κ1) is 20.5. The van der Waals surface area contributed by atoms with Gasteiger partial charge in [0.25, 0.3) is 11.8 Å². The summed E-state index contributed by atoms with van der Waals surface area (Å²) in [6.45, 7) is 0.727. The summed E-state index contributed by atoms with van der Waals surface area (Å²) in [5, 5.41) is 8.91. The zero-order chi connectivity index (χ0) is 21.3. The standard InChI is InChI=1S/C22H28N4O4/c1-23-14-7-5-13(6-8-14)11-12-24-16-4-2-3-15-19(16)22(30)26(21(15)29)17-9-10-18(27)25-20(17)28/h2-4,13-14,17,23-24H,5-12H2,1H3,(H,25,27,28)/t13-,14-,17?. The van der Waals surface area contributed by atoms with Crippen molar-refractivity contribution in [2.45, 2.75) is 57.0 Å². The molecule has 1 saturated carbocycles. The number of hydrogen-bond acceptors (Lipinski definition) is 6. The minimum Gasteiger partial charge on any atom is -0.384 e. The molecule has 8 nitrogen and oxygen atoms in total. The van der Waals surface area contributed by atoms with E-state index in [9.17, 15) is 19.2 Å². The molecule has 1 aliphatic carbocycles. The number of fused-ring (bicyclic) bond motifs is 1. The van der Waals surface area contributed by atoms with Crippen molar-refractivity contribution in [3.8, 4) is 0 Å². The molecule has 2 aliphatic heterocycles. The quantitative estimate of drug-likeness (QED) is 0.614. The number of nitrogens with zero attached hydrogens (tertiary/aromatic N) is 1. The van der Waals surface area contributed by atoms with E-state index in [2.05, 4.69) is 16.0 Å². The van der Waals surface area contributed by atoms with Crippen molar-refractivity contribution in [3.63, 3.8) is 0 Å². The summed E-state index contributed by atoms with van der Waals surface area (Å²) in [7, 11) is 2.01. The molecule has 3 aliphatic rings. The van der Waals surface area contributed by atoms with Crippen LogP contribution in [0.2, 0.25) is 0 Å². The fraction of sp³-hybridized carbons (Fsp3) is 0.545. The molecule has 1 aromatic carbocycles. The van der Waals surface area contributed by atoms with Crippen LogP contribution in [-0.2, 0) is 9.59 Å². The molecule has 1 unspecified atom stereocenters. The van der Waals surface area contributed by atoms with Crippen molar-refractivity contribution in [2.24, 2.45) is 5.92 Å². The topological polar surface area (TPSA) is 108 Å². The zero-order valence-corrected chi connectivity index (χ0v) is 17.2. The largest absolute Gasteiger partial charge is 0.384 e. The number of imide groups is 2. The molecule has 0 aromatic heterocycles. The van der Waals surface area contributed by atoms with Gasteiger partial charge in [-0.3, -0.25) is 29.4 Å². The normalized spacial score (nSPS) is 26.6. The van der Waals surface area contributed by atoms with E-state index in [0.717, 1.165) is 17.9 Å². The predicted octanol–water partition coefficient (Wildman–Crippen LogP) is 1.67. The van der Waals surface area contributed by atoms with Gasteiger partial charge in [0.15, 0.2) is 0 Å². The maximum atomic E-state index is 13.1. The Morgan fingerprint density at radius 1 is 1.03 bits per heavy atom. The monoisotopic (exact) mass is 412 g/mol. The fourth-order valence-electron chi connectivity index (χ4n) is 4.81. The van der Waals surface area contributed by atoms with Gasteiger partial charge in [-0.15, -0.1) is 0 Å². The third-order valence-corrected chi connectivity index (χ3v) is 6.59. The third-order valence-electron chi connectivity index (χ3n) is 6.59.